The van der Waals surface area contributed by atoms with Crippen LogP contribution in [0.3, 0.4) is 0 Å². The normalized spacial score (nSPS) is 10.4. The van der Waals surface area contributed by atoms with Crippen LogP contribution in [0, 0.1) is 0 Å². The first-order valence-corrected chi connectivity index (χ1v) is 7.75. The Morgan fingerprint density at radius 3 is 2.76 bits per heavy atom. The van der Waals surface area contributed by atoms with Gasteiger partial charge in [0.2, 0.25) is 5.91 Å². The lowest BCUT2D eigenvalue weighted by Crippen LogP contribution is -2.40. The summed E-state index contributed by atoms with van der Waals surface area (Å²) in [6.45, 7) is 7.06. The van der Waals surface area contributed by atoms with Crippen molar-refractivity contribution < 1.29 is 14.3 Å². The second kappa shape index (κ2) is 9.31. The van der Waals surface area contributed by atoms with Gasteiger partial charge in [-0.2, -0.15) is 11.3 Å². The van der Waals surface area contributed by atoms with Gasteiger partial charge in [0.1, 0.15) is 0 Å². The smallest absolute Gasteiger partial charge is 0.320 e. The number of rotatable bonds is 9. The third-order valence-electron chi connectivity index (χ3n) is 2.83. The summed E-state index contributed by atoms with van der Waals surface area (Å²) in [6.07, 6.45) is 1.67. The molecule has 0 saturated heterocycles. The molecule has 1 aromatic heterocycles. The number of esters is 1. The first-order valence-electron chi connectivity index (χ1n) is 6.80. The summed E-state index contributed by atoms with van der Waals surface area (Å²) in [6, 6.07) is 1.99. The second-order valence-corrected chi connectivity index (χ2v) is 5.42. The van der Waals surface area contributed by atoms with Gasteiger partial charge in [0, 0.05) is 20.1 Å². The van der Waals surface area contributed by atoms with E-state index in [4.69, 9.17) is 4.74 Å². The fourth-order valence-electron chi connectivity index (χ4n) is 1.81. The molecule has 0 aliphatic heterocycles. The lowest BCUT2D eigenvalue weighted by Gasteiger charge is -2.23. The molecule has 116 valence electrons. The highest BCUT2D eigenvalue weighted by Crippen LogP contribution is 2.08. The van der Waals surface area contributed by atoms with Gasteiger partial charge in [0.05, 0.1) is 19.7 Å². The fourth-order valence-corrected chi connectivity index (χ4v) is 2.47. The molecule has 1 aromatic rings. The summed E-state index contributed by atoms with van der Waals surface area (Å²) in [5, 5.41) is 4.00. The van der Waals surface area contributed by atoms with E-state index in [1.54, 1.807) is 41.2 Å². The number of ether oxygens (including phenoxy) is 1. The zero-order valence-electron chi connectivity index (χ0n) is 12.6. The third kappa shape index (κ3) is 6.55. The molecule has 0 radical (unpaired) electrons. The summed E-state index contributed by atoms with van der Waals surface area (Å²) in [5.41, 5.74) is 1.11. The van der Waals surface area contributed by atoms with E-state index in [1.165, 1.54) is 0 Å². The van der Waals surface area contributed by atoms with Crippen LogP contribution < -0.4 is 0 Å². The molecule has 0 unspecified atom stereocenters. The zero-order valence-corrected chi connectivity index (χ0v) is 13.4. The first-order chi connectivity index (χ1) is 10.1. The highest BCUT2D eigenvalue weighted by atomic mass is 32.1. The van der Waals surface area contributed by atoms with Crippen molar-refractivity contribution in [2.75, 3.05) is 33.3 Å². The van der Waals surface area contributed by atoms with Crippen molar-refractivity contribution in [1.82, 2.24) is 9.80 Å². The molecule has 0 saturated carbocycles. The molecule has 1 amide bonds. The Bertz CT molecular complexity index is 459. The van der Waals surface area contributed by atoms with Gasteiger partial charge in [0.15, 0.2) is 0 Å². The van der Waals surface area contributed by atoms with Crippen molar-refractivity contribution in [3.8, 4) is 0 Å². The molecule has 1 heterocycles. The van der Waals surface area contributed by atoms with E-state index in [0.29, 0.717) is 19.7 Å². The predicted molar refractivity (Wildman–Crippen MR) is 84.1 cm³/mol. The van der Waals surface area contributed by atoms with E-state index in [0.717, 1.165) is 5.56 Å². The Morgan fingerprint density at radius 2 is 2.19 bits per heavy atom. The number of amides is 1. The maximum Gasteiger partial charge on any atom is 0.320 e. The largest absolute Gasteiger partial charge is 0.465 e. The maximum atomic E-state index is 12.2. The molecule has 1 rings (SSSR count). The van der Waals surface area contributed by atoms with E-state index in [9.17, 15) is 9.59 Å². The number of nitrogens with zero attached hydrogens (tertiary/aromatic N) is 2. The minimum atomic E-state index is -0.326. The Labute approximate surface area is 129 Å². The van der Waals surface area contributed by atoms with Gasteiger partial charge in [-0.05, 0) is 29.3 Å². The van der Waals surface area contributed by atoms with Gasteiger partial charge in [-0.25, -0.2) is 0 Å². The van der Waals surface area contributed by atoms with Crippen LogP contribution in [0.25, 0.3) is 0 Å². The number of likely N-dealkylation sites (N-methyl/N-ethyl adjacent to an activating group) is 1. The quantitative estimate of drug-likeness (QED) is 0.515. The monoisotopic (exact) mass is 310 g/mol. The topological polar surface area (TPSA) is 49.9 Å². The summed E-state index contributed by atoms with van der Waals surface area (Å²) in [7, 11) is 1.76. The van der Waals surface area contributed by atoms with Crippen LogP contribution in [0.15, 0.2) is 29.5 Å². The Hall–Kier alpha value is -1.66. The number of hydrogen-bond acceptors (Lipinski definition) is 5. The Morgan fingerprint density at radius 1 is 1.43 bits per heavy atom. The second-order valence-electron chi connectivity index (χ2n) is 4.64. The number of hydrogen-bond donors (Lipinski definition) is 0. The van der Waals surface area contributed by atoms with Gasteiger partial charge >= 0.3 is 5.97 Å². The molecule has 0 fully saturated rings. The van der Waals surface area contributed by atoms with Crippen LogP contribution in [-0.2, 0) is 20.9 Å². The van der Waals surface area contributed by atoms with Gasteiger partial charge in [0.25, 0.3) is 0 Å². The van der Waals surface area contributed by atoms with Gasteiger partial charge in [-0.3, -0.25) is 14.5 Å². The molecule has 0 aliphatic rings. The highest BCUT2D eigenvalue weighted by molar-refractivity contribution is 7.07. The Kier molecular flexibility index (Phi) is 7.71. The van der Waals surface area contributed by atoms with E-state index >= 15 is 0 Å². The summed E-state index contributed by atoms with van der Waals surface area (Å²) < 4.78 is 4.91. The molecule has 0 aromatic carbocycles. The number of carbonyl (C=O) groups is 2. The van der Waals surface area contributed by atoms with E-state index in [-0.39, 0.29) is 25.0 Å². The molecule has 21 heavy (non-hydrogen) atoms. The molecular weight excluding hydrogens is 288 g/mol. The van der Waals surface area contributed by atoms with Gasteiger partial charge in [-0.15, -0.1) is 6.58 Å². The summed E-state index contributed by atoms with van der Waals surface area (Å²) in [4.78, 5) is 27.1. The minimum Gasteiger partial charge on any atom is -0.465 e. The Balaban J connectivity index is 2.50. The number of carbonyl (C=O) groups excluding carboxylic acids is 2. The van der Waals surface area contributed by atoms with Gasteiger partial charge < -0.3 is 9.64 Å². The van der Waals surface area contributed by atoms with Crippen LogP contribution >= 0.6 is 11.3 Å². The molecule has 0 spiro atoms. The minimum absolute atomic E-state index is 0.0349. The fraction of sp³-hybridized carbons (Fsp3) is 0.467. The van der Waals surface area contributed by atoms with Crippen molar-refractivity contribution in [3.05, 3.63) is 35.0 Å². The van der Waals surface area contributed by atoms with Crippen LogP contribution in [0.5, 0.6) is 0 Å². The third-order valence-corrected chi connectivity index (χ3v) is 3.56. The van der Waals surface area contributed by atoms with Crippen LogP contribution in [0.4, 0.5) is 0 Å². The highest BCUT2D eigenvalue weighted by Gasteiger charge is 2.17. The lowest BCUT2D eigenvalue weighted by atomic mass is 10.3. The van der Waals surface area contributed by atoms with Crippen molar-refractivity contribution in [3.63, 3.8) is 0 Å². The molecule has 6 heteroatoms. The molecule has 0 atom stereocenters. The molecule has 0 bridgehead atoms. The van der Waals surface area contributed by atoms with E-state index in [2.05, 4.69) is 6.58 Å². The van der Waals surface area contributed by atoms with Crippen LogP contribution in [-0.4, -0.2) is 55.0 Å². The van der Waals surface area contributed by atoms with Gasteiger partial charge in [-0.1, -0.05) is 6.08 Å². The summed E-state index contributed by atoms with van der Waals surface area (Å²) in [5.74, 6) is -0.361. The van der Waals surface area contributed by atoms with Crippen LogP contribution in [0.2, 0.25) is 0 Å². The van der Waals surface area contributed by atoms with E-state index < -0.39 is 0 Å². The van der Waals surface area contributed by atoms with Crippen molar-refractivity contribution in [2.24, 2.45) is 0 Å². The summed E-state index contributed by atoms with van der Waals surface area (Å²) >= 11 is 1.61. The predicted octanol–water partition coefficient (Wildman–Crippen LogP) is 1.76. The van der Waals surface area contributed by atoms with Crippen molar-refractivity contribution in [1.29, 1.82) is 0 Å². The average Bonchev–Trinajstić information content (AvgIpc) is 2.91. The molecule has 0 aliphatic carbocycles. The maximum absolute atomic E-state index is 12.2. The molecule has 0 N–H and O–H groups in total. The standard InChI is InChI=1S/C15H22N2O3S/c1-4-7-17(11-15(19)20-5-2)10-14(18)16(3)9-13-6-8-21-12-13/h4,6,8,12H,1,5,7,9-11H2,2-3H3. The van der Waals surface area contributed by atoms with E-state index in [1.807, 2.05) is 16.8 Å². The number of thiophene rings is 1. The SMILES string of the molecule is C=CCN(CC(=O)OCC)CC(=O)N(C)Cc1ccsc1. The average molecular weight is 310 g/mol. The van der Waals surface area contributed by atoms with Crippen LogP contribution in [0.1, 0.15) is 12.5 Å². The van der Waals surface area contributed by atoms with Crippen molar-refractivity contribution >= 4 is 23.2 Å². The van der Waals surface area contributed by atoms with Crippen molar-refractivity contribution in [2.45, 2.75) is 13.5 Å². The lowest BCUT2D eigenvalue weighted by molar-refractivity contribution is -0.145. The molecular formula is C15H22N2O3S. The first kappa shape index (κ1) is 17.4. The molecule has 5 nitrogen and oxygen atoms in total. The zero-order chi connectivity index (χ0) is 15.7.